The zero-order chi connectivity index (χ0) is 10.3. The molecule has 2 N–H and O–H groups in total. The minimum Gasteiger partial charge on any atom is -0.359 e. The Morgan fingerprint density at radius 1 is 1.21 bits per heavy atom. The molecule has 0 radical (unpaired) electrons. The van der Waals surface area contributed by atoms with Gasteiger partial charge < -0.3 is 15.4 Å². The standard InChI is InChI=1S/C9H16N2O3/c12-6-10-5-4-9(2-1-3-9)14-8-11-7-13/h6-7H,1-5,8H2,(H,10,12)(H,11,13). The van der Waals surface area contributed by atoms with Crippen molar-refractivity contribution in [1.29, 1.82) is 0 Å². The Kier molecular flexibility index (Phi) is 4.39. The first-order valence-corrected chi connectivity index (χ1v) is 4.81. The summed E-state index contributed by atoms with van der Waals surface area (Å²) in [6.45, 7) is 0.884. The van der Waals surface area contributed by atoms with Gasteiger partial charge >= 0.3 is 0 Å². The molecule has 0 heterocycles. The molecule has 14 heavy (non-hydrogen) atoms. The Bertz CT molecular complexity index is 176. The third-order valence-electron chi connectivity index (χ3n) is 2.62. The van der Waals surface area contributed by atoms with Crippen molar-refractivity contribution in [2.75, 3.05) is 13.3 Å². The van der Waals surface area contributed by atoms with Gasteiger partial charge in [-0.2, -0.15) is 0 Å². The maximum atomic E-state index is 10.0. The molecule has 0 bridgehead atoms. The molecular formula is C9H16N2O3. The molecular weight excluding hydrogens is 184 g/mol. The summed E-state index contributed by atoms with van der Waals surface area (Å²) in [5, 5.41) is 5.08. The van der Waals surface area contributed by atoms with Gasteiger partial charge in [-0.3, -0.25) is 9.59 Å². The highest BCUT2D eigenvalue weighted by molar-refractivity contribution is 5.45. The molecule has 0 saturated heterocycles. The first kappa shape index (κ1) is 11.0. The maximum Gasteiger partial charge on any atom is 0.208 e. The quantitative estimate of drug-likeness (QED) is 0.323. The topological polar surface area (TPSA) is 67.4 Å². The monoisotopic (exact) mass is 200 g/mol. The van der Waals surface area contributed by atoms with E-state index in [2.05, 4.69) is 10.6 Å². The molecule has 5 heteroatoms. The first-order chi connectivity index (χ1) is 6.83. The number of ether oxygens (including phenoxy) is 1. The smallest absolute Gasteiger partial charge is 0.208 e. The van der Waals surface area contributed by atoms with Crippen LogP contribution in [0.5, 0.6) is 0 Å². The second kappa shape index (κ2) is 5.59. The van der Waals surface area contributed by atoms with E-state index < -0.39 is 0 Å². The maximum absolute atomic E-state index is 10.0. The van der Waals surface area contributed by atoms with Crippen molar-refractivity contribution in [2.24, 2.45) is 0 Å². The molecule has 0 atom stereocenters. The first-order valence-electron chi connectivity index (χ1n) is 4.81. The van der Waals surface area contributed by atoms with Crippen LogP contribution >= 0.6 is 0 Å². The second-order valence-corrected chi connectivity index (χ2v) is 3.47. The van der Waals surface area contributed by atoms with Crippen molar-refractivity contribution in [1.82, 2.24) is 10.6 Å². The van der Waals surface area contributed by atoms with Crippen LogP contribution in [0.3, 0.4) is 0 Å². The predicted octanol–water partition coefficient (Wildman–Crippen LogP) is -0.235. The van der Waals surface area contributed by atoms with Crippen molar-refractivity contribution in [3.8, 4) is 0 Å². The Labute approximate surface area is 83.2 Å². The van der Waals surface area contributed by atoms with Gasteiger partial charge in [-0.05, 0) is 25.7 Å². The zero-order valence-electron chi connectivity index (χ0n) is 8.12. The van der Waals surface area contributed by atoms with E-state index in [0.29, 0.717) is 19.4 Å². The Morgan fingerprint density at radius 2 is 1.93 bits per heavy atom. The molecule has 1 fully saturated rings. The molecule has 80 valence electrons. The molecule has 1 aliphatic rings. The van der Waals surface area contributed by atoms with Crippen molar-refractivity contribution >= 4 is 12.8 Å². The normalized spacial score (nSPS) is 18.0. The number of carbonyl (C=O) groups excluding carboxylic acids is 2. The molecule has 0 aromatic rings. The largest absolute Gasteiger partial charge is 0.359 e. The van der Waals surface area contributed by atoms with Crippen LogP contribution in [-0.4, -0.2) is 31.7 Å². The lowest BCUT2D eigenvalue weighted by Crippen LogP contribution is -2.44. The van der Waals surface area contributed by atoms with Gasteiger partial charge in [0.15, 0.2) is 0 Å². The lowest BCUT2D eigenvalue weighted by Gasteiger charge is -2.41. The van der Waals surface area contributed by atoms with Crippen LogP contribution in [0.25, 0.3) is 0 Å². The van der Waals surface area contributed by atoms with Crippen LogP contribution in [0.4, 0.5) is 0 Å². The molecule has 5 nitrogen and oxygen atoms in total. The molecule has 1 aliphatic carbocycles. The number of hydrogen-bond acceptors (Lipinski definition) is 3. The number of rotatable bonds is 8. The second-order valence-electron chi connectivity index (χ2n) is 3.47. The van der Waals surface area contributed by atoms with Gasteiger partial charge in [-0.1, -0.05) is 0 Å². The van der Waals surface area contributed by atoms with Crippen molar-refractivity contribution in [3.05, 3.63) is 0 Å². The number of hydrogen-bond donors (Lipinski definition) is 2. The highest BCUT2D eigenvalue weighted by Gasteiger charge is 2.37. The molecule has 0 spiro atoms. The summed E-state index contributed by atoms with van der Waals surface area (Å²) in [5.41, 5.74) is -0.119. The molecule has 0 aromatic heterocycles. The minimum absolute atomic E-state index is 0.119. The van der Waals surface area contributed by atoms with Crippen LogP contribution in [0, 0.1) is 0 Å². The number of amides is 2. The van der Waals surface area contributed by atoms with Crippen molar-refractivity contribution in [2.45, 2.75) is 31.3 Å². The van der Waals surface area contributed by atoms with Crippen LogP contribution in [-0.2, 0) is 14.3 Å². The Balaban J connectivity index is 2.19. The van der Waals surface area contributed by atoms with Gasteiger partial charge in [0.1, 0.15) is 6.73 Å². The highest BCUT2D eigenvalue weighted by atomic mass is 16.5. The molecule has 1 rings (SSSR count). The third kappa shape index (κ3) is 2.99. The van der Waals surface area contributed by atoms with Gasteiger partial charge in [-0.15, -0.1) is 0 Å². The molecule has 2 amide bonds. The van der Waals surface area contributed by atoms with Gasteiger partial charge in [0.2, 0.25) is 12.8 Å². The van der Waals surface area contributed by atoms with Crippen LogP contribution in [0.15, 0.2) is 0 Å². The fourth-order valence-electron chi connectivity index (χ4n) is 1.63. The lowest BCUT2D eigenvalue weighted by molar-refractivity contribution is -0.125. The van der Waals surface area contributed by atoms with E-state index in [4.69, 9.17) is 4.74 Å². The van der Waals surface area contributed by atoms with Gasteiger partial charge in [0.25, 0.3) is 0 Å². The van der Waals surface area contributed by atoms with E-state index >= 15 is 0 Å². The summed E-state index contributed by atoms with van der Waals surface area (Å²) in [6.07, 6.45) is 5.29. The van der Waals surface area contributed by atoms with Gasteiger partial charge in [-0.25, -0.2) is 0 Å². The molecule has 1 saturated carbocycles. The summed E-state index contributed by atoms with van der Waals surface area (Å²) >= 11 is 0. The van der Waals surface area contributed by atoms with E-state index in [-0.39, 0.29) is 12.3 Å². The van der Waals surface area contributed by atoms with Crippen molar-refractivity contribution < 1.29 is 14.3 Å². The van der Waals surface area contributed by atoms with Gasteiger partial charge in [0, 0.05) is 6.54 Å². The van der Waals surface area contributed by atoms with Crippen molar-refractivity contribution in [3.63, 3.8) is 0 Å². The van der Waals surface area contributed by atoms with E-state index in [9.17, 15) is 9.59 Å². The Morgan fingerprint density at radius 3 is 2.43 bits per heavy atom. The van der Waals surface area contributed by atoms with Gasteiger partial charge in [0.05, 0.1) is 5.60 Å². The summed E-state index contributed by atoms with van der Waals surface area (Å²) < 4.78 is 5.55. The predicted molar refractivity (Wildman–Crippen MR) is 50.4 cm³/mol. The third-order valence-corrected chi connectivity index (χ3v) is 2.62. The molecule has 0 aromatic carbocycles. The van der Waals surface area contributed by atoms with E-state index in [1.54, 1.807) is 0 Å². The summed E-state index contributed by atoms with van der Waals surface area (Å²) in [4.78, 5) is 20.1. The SMILES string of the molecule is O=CNCCC1(OCNC=O)CCC1. The average molecular weight is 200 g/mol. The summed E-state index contributed by atoms with van der Waals surface area (Å²) in [7, 11) is 0. The minimum atomic E-state index is -0.119. The number of carbonyl (C=O) groups is 2. The van der Waals surface area contributed by atoms with Crippen LogP contribution in [0.2, 0.25) is 0 Å². The lowest BCUT2D eigenvalue weighted by atomic mass is 9.77. The Hall–Kier alpha value is -1.10. The summed E-state index contributed by atoms with van der Waals surface area (Å²) in [5.74, 6) is 0. The van der Waals surface area contributed by atoms with Crippen LogP contribution < -0.4 is 10.6 Å². The van der Waals surface area contributed by atoms with E-state index in [1.165, 1.54) is 0 Å². The fraction of sp³-hybridized carbons (Fsp3) is 0.778. The fourth-order valence-corrected chi connectivity index (χ4v) is 1.63. The zero-order valence-corrected chi connectivity index (χ0v) is 8.12. The van der Waals surface area contributed by atoms with E-state index in [0.717, 1.165) is 25.7 Å². The van der Waals surface area contributed by atoms with E-state index in [1.807, 2.05) is 0 Å². The van der Waals surface area contributed by atoms with Crippen LogP contribution in [0.1, 0.15) is 25.7 Å². The average Bonchev–Trinajstić information content (AvgIpc) is 2.13. The molecule has 0 aliphatic heterocycles. The molecule has 0 unspecified atom stereocenters. The summed E-state index contributed by atoms with van der Waals surface area (Å²) in [6, 6.07) is 0. The highest BCUT2D eigenvalue weighted by Crippen LogP contribution is 2.37. The number of nitrogens with one attached hydrogen (secondary N) is 2.